The Balaban J connectivity index is 0.729. The summed E-state index contributed by atoms with van der Waals surface area (Å²) in [5, 5.41) is 10.2. The zero-order valence-electron chi connectivity index (χ0n) is 44.3. The lowest BCUT2D eigenvalue weighted by molar-refractivity contribution is 0.869. The van der Waals surface area contributed by atoms with Gasteiger partial charge in [-0.1, -0.05) is 188 Å². The number of nitrogens with zero attached hydrogens (tertiary/aromatic N) is 4. The van der Waals surface area contributed by atoms with Gasteiger partial charge < -0.3 is 18.9 Å². The summed E-state index contributed by atoms with van der Waals surface area (Å²) in [6.07, 6.45) is 0. The van der Waals surface area contributed by atoms with E-state index in [2.05, 4.69) is 323 Å². The van der Waals surface area contributed by atoms with Crippen molar-refractivity contribution in [3.05, 3.63) is 303 Å². The van der Waals surface area contributed by atoms with E-state index >= 15 is 0 Å². The van der Waals surface area contributed by atoms with Crippen LogP contribution in [0.25, 0.3) is 98.5 Å². The third kappa shape index (κ3) is 8.16. The van der Waals surface area contributed by atoms with Gasteiger partial charge in [0.1, 0.15) is 0 Å². The Morgan fingerprint density at radius 2 is 0.600 bits per heavy atom. The molecule has 80 heavy (non-hydrogen) atoms. The van der Waals surface area contributed by atoms with Crippen LogP contribution in [0.3, 0.4) is 0 Å². The van der Waals surface area contributed by atoms with Crippen LogP contribution in [0, 0.1) is 0 Å². The number of fused-ring (bicyclic) bond motifs is 10. The summed E-state index contributed by atoms with van der Waals surface area (Å²) in [5.74, 6) is 0. The number of hydrogen-bond acceptors (Lipinski definition) is 2. The highest BCUT2D eigenvalue weighted by atomic mass is 15.1. The third-order valence-electron chi connectivity index (χ3n) is 16.4. The first-order valence-electron chi connectivity index (χ1n) is 27.6. The number of hydrogen-bond donors (Lipinski definition) is 0. The minimum absolute atomic E-state index is 0.733. The first kappa shape index (κ1) is 46.8. The molecule has 13 aromatic carbocycles. The molecular formula is C76H54N4. The molecule has 0 spiro atoms. The van der Waals surface area contributed by atoms with Crippen molar-refractivity contribution in [2.75, 3.05) is 9.80 Å². The van der Waals surface area contributed by atoms with E-state index in [1.165, 1.54) is 104 Å². The van der Waals surface area contributed by atoms with E-state index in [4.69, 9.17) is 0 Å². The van der Waals surface area contributed by atoms with Crippen molar-refractivity contribution in [2.45, 2.75) is 6.54 Å². The molecule has 15 aromatic rings. The van der Waals surface area contributed by atoms with Crippen molar-refractivity contribution in [1.82, 2.24) is 9.13 Å². The van der Waals surface area contributed by atoms with Gasteiger partial charge in [-0.05, 0) is 170 Å². The Morgan fingerprint density at radius 3 is 1.09 bits per heavy atom. The molecule has 0 radical (unpaired) electrons. The van der Waals surface area contributed by atoms with Crippen LogP contribution in [-0.2, 0) is 13.6 Å². The van der Waals surface area contributed by atoms with E-state index in [0.29, 0.717) is 0 Å². The van der Waals surface area contributed by atoms with Crippen LogP contribution in [0.1, 0.15) is 5.56 Å². The van der Waals surface area contributed by atoms with E-state index in [1.807, 2.05) is 0 Å². The average Bonchev–Trinajstić information content (AvgIpc) is 4.21. The predicted molar refractivity (Wildman–Crippen MR) is 340 cm³/mol. The molecule has 0 saturated heterocycles. The summed E-state index contributed by atoms with van der Waals surface area (Å²) >= 11 is 0. The maximum absolute atomic E-state index is 2.51. The van der Waals surface area contributed by atoms with Crippen LogP contribution in [-0.4, -0.2) is 9.13 Å². The summed E-state index contributed by atoms with van der Waals surface area (Å²) in [7, 11) is 2.17. The van der Waals surface area contributed by atoms with Gasteiger partial charge in [0.15, 0.2) is 0 Å². The molecular weight excluding hydrogens is 969 g/mol. The van der Waals surface area contributed by atoms with Gasteiger partial charge >= 0.3 is 0 Å². The van der Waals surface area contributed by atoms with Gasteiger partial charge in [0.25, 0.3) is 0 Å². The van der Waals surface area contributed by atoms with Crippen LogP contribution >= 0.6 is 0 Å². The standard InChI is InChI=1S/C76H54N4/c1-77-71-45-37-59(49-69(71)75-67-23-13-11-15-57(67)35-47-73(75)77)56-33-43-66(44-34-56)80(63-21-9-4-10-22-63)64-39-25-52(26-40-64)51-78-72-46-38-60(50-70(72)76-68-24-14-12-16-58(68)36-48-74(76)78)55-29-27-53(28-30-55)54-31-41-65(42-32-54)79(61-17-5-2-6-18-61)62-19-7-3-8-20-62/h2-50H,51H2,1H3. The van der Waals surface area contributed by atoms with Gasteiger partial charge in [-0.2, -0.15) is 0 Å². The van der Waals surface area contributed by atoms with Crippen molar-refractivity contribution >= 4 is 99.3 Å². The summed E-state index contributed by atoms with van der Waals surface area (Å²) in [6.45, 7) is 0.733. The topological polar surface area (TPSA) is 16.3 Å². The molecule has 4 nitrogen and oxygen atoms in total. The number of para-hydroxylation sites is 3. The molecule has 0 bridgehead atoms. The Hall–Kier alpha value is -10.4. The third-order valence-corrected chi connectivity index (χ3v) is 16.4. The van der Waals surface area contributed by atoms with Crippen molar-refractivity contribution in [3.8, 4) is 33.4 Å². The van der Waals surface area contributed by atoms with Crippen molar-refractivity contribution in [2.24, 2.45) is 7.05 Å². The van der Waals surface area contributed by atoms with Crippen molar-refractivity contribution in [3.63, 3.8) is 0 Å². The van der Waals surface area contributed by atoms with Crippen LogP contribution in [0.15, 0.2) is 297 Å². The Labute approximate surface area is 465 Å². The highest BCUT2D eigenvalue weighted by molar-refractivity contribution is 6.22. The SMILES string of the molecule is Cn1c2ccc(-c3ccc(N(c4ccccc4)c4ccc(Cn5c6ccc(-c7ccc(-c8ccc(N(c9ccccc9)c9ccccc9)cc8)cc7)cc6c6c7ccccc7ccc65)cc4)cc3)cc2c2c3ccccc3ccc21. The monoisotopic (exact) mass is 1020 g/mol. The molecule has 0 unspecified atom stereocenters. The quantitative estimate of drug-likeness (QED) is 0.128. The van der Waals surface area contributed by atoms with Crippen LogP contribution < -0.4 is 9.80 Å². The van der Waals surface area contributed by atoms with E-state index in [1.54, 1.807) is 0 Å². The summed E-state index contributed by atoms with van der Waals surface area (Å²) < 4.78 is 4.83. The van der Waals surface area contributed by atoms with E-state index < -0.39 is 0 Å². The zero-order chi connectivity index (χ0) is 53.1. The van der Waals surface area contributed by atoms with E-state index in [-0.39, 0.29) is 0 Å². The van der Waals surface area contributed by atoms with Gasteiger partial charge in [0.05, 0.1) is 5.52 Å². The maximum atomic E-state index is 2.51. The highest BCUT2D eigenvalue weighted by Gasteiger charge is 2.19. The fourth-order valence-corrected chi connectivity index (χ4v) is 12.4. The van der Waals surface area contributed by atoms with Crippen LogP contribution in [0.4, 0.5) is 34.1 Å². The molecule has 15 rings (SSSR count). The Bertz CT molecular complexity index is 4710. The molecule has 2 heterocycles. The van der Waals surface area contributed by atoms with Crippen LogP contribution in [0.5, 0.6) is 0 Å². The highest BCUT2D eigenvalue weighted by Crippen LogP contribution is 2.42. The van der Waals surface area contributed by atoms with Crippen LogP contribution in [0.2, 0.25) is 0 Å². The molecule has 0 saturated carbocycles. The number of anilines is 6. The maximum Gasteiger partial charge on any atom is 0.0501 e. The molecule has 0 aliphatic heterocycles. The average molecular weight is 1020 g/mol. The first-order chi connectivity index (χ1) is 39.6. The van der Waals surface area contributed by atoms with Gasteiger partial charge in [0, 0.05) is 85.8 Å². The van der Waals surface area contributed by atoms with E-state index in [0.717, 1.165) is 40.7 Å². The number of aryl methyl sites for hydroxylation is 1. The van der Waals surface area contributed by atoms with Crippen molar-refractivity contribution < 1.29 is 0 Å². The first-order valence-corrected chi connectivity index (χ1v) is 27.6. The normalized spacial score (nSPS) is 11.6. The summed E-state index contributed by atoms with van der Waals surface area (Å²) in [4.78, 5) is 4.66. The van der Waals surface area contributed by atoms with Gasteiger partial charge in [-0.25, -0.2) is 0 Å². The number of benzene rings is 13. The second-order valence-electron chi connectivity index (χ2n) is 21.0. The Morgan fingerprint density at radius 1 is 0.263 bits per heavy atom. The minimum atomic E-state index is 0.733. The molecule has 2 aromatic heterocycles. The minimum Gasteiger partial charge on any atom is -0.344 e. The predicted octanol–water partition coefficient (Wildman–Crippen LogP) is 20.7. The number of rotatable bonds is 11. The molecule has 0 atom stereocenters. The lowest BCUT2D eigenvalue weighted by atomic mass is 9.98. The second-order valence-corrected chi connectivity index (χ2v) is 21.0. The summed E-state index contributed by atoms with van der Waals surface area (Å²) in [5.41, 5.74) is 20.0. The zero-order valence-corrected chi connectivity index (χ0v) is 44.3. The summed E-state index contributed by atoms with van der Waals surface area (Å²) in [6, 6.07) is 109. The van der Waals surface area contributed by atoms with Crippen molar-refractivity contribution in [1.29, 1.82) is 0 Å². The Kier molecular flexibility index (Phi) is 11.4. The largest absolute Gasteiger partial charge is 0.344 e. The lowest BCUT2D eigenvalue weighted by Crippen LogP contribution is -2.10. The molecule has 0 amide bonds. The van der Waals surface area contributed by atoms with Gasteiger partial charge in [-0.3, -0.25) is 0 Å². The molecule has 0 fully saturated rings. The molecule has 0 aliphatic carbocycles. The van der Waals surface area contributed by atoms with Gasteiger partial charge in [0.2, 0.25) is 0 Å². The fourth-order valence-electron chi connectivity index (χ4n) is 12.4. The molecule has 0 N–H and O–H groups in total. The molecule has 0 aliphatic rings. The molecule has 4 heteroatoms. The molecule has 378 valence electrons. The van der Waals surface area contributed by atoms with Gasteiger partial charge in [-0.15, -0.1) is 0 Å². The van der Waals surface area contributed by atoms with E-state index in [9.17, 15) is 0 Å². The fraction of sp³-hybridized carbons (Fsp3) is 0.0263. The number of aromatic nitrogens is 2. The second kappa shape index (κ2) is 19.5. The smallest absolute Gasteiger partial charge is 0.0501 e. The lowest BCUT2D eigenvalue weighted by Gasteiger charge is -2.26.